The van der Waals surface area contributed by atoms with Gasteiger partial charge in [0.05, 0.1) is 6.26 Å². The summed E-state index contributed by atoms with van der Waals surface area (Å²) >= 11 is 2.63. The van der Waals surface area contributed by atoms with Gasteiger partial charge in [0.25, 0.3) is 0 Å². The summed E-state index contributed by atoms with van der Waals surface area (Å²) in [7, 11) is 0. The fraction of sp³-hybridized carbons (Fsp3) is 0. The molecule has 0 fully saturated rings. The number of aldehydes is 1. The third kappa shape index (κ3) is 1.88. The van der Waals surface area contributed by atoms with Crippen molar-refractivity contribution in [2.75, 3.05) is 0 Å². The summed E-state index contributed by atoms with van der Waals surface area (Å²) in [4.78, 5) is 19.7. The number of carbonyl (C=O) groups is 2. The maximum absolute atomic E-state index is 10.1. The summed E-state index contributed by atoms with van der Waals surface area (Å²) in [5.41, 5.74) is 0. The van der Waals surface area contributed by atoms with Crippen LogP contribution in [0.3, 0.4) is 0 Å². The fourth-order valence-electron chi connectivity index (χ4n) is 0.120. The number of allylic oxidation sites excluding steroid dienone is 1. The standard InChI is InChI=1S/C4H3BrO3/c5-3(1-6)4(8)2-7/h1-2,6H/b3-1+. The highest BCUT2D eigenvalue weighted by atomic mass is 79.9. The SMILES string of the molecule is O=CC(=O)/C(Br)=C\O. The molecular formula is C4H3BrO3. The van der Waals surface area contributed by atoms with Crippen molar-refractivity contribution in [1.82, 2.24) is 0 Å². The van der Waals surface area contributed by atoms with Gasteiger partial charge in [-0.05, 0) is 15.9 Å². The van der Waals surface area contributed by atoms with E-state index in [9.17, 15) is 9.59 Å². The Morgan fingerprint density at radius 1 is 1.62 bits per heavy atom. The zero-order valence-electron chi connectivity index (χ0n) is 3.80. The van der Waals surface area contributed by atoms with Gasteiger partial charge in [0, 0.05) is 0 Å². The third-order valence-corrected chi connectivity index (χ3v) is 1.05. The summed E-state index contributed by atoms with van der Waals surface area (Å²) in [6, 6.07) is 0. The van der Waals surface area contributed by atoms with Crippen molar-refractivity contribution in [2.45, 2.75) is 0 Å². The van der Waals surface area contributed by atoms with Gasteiger partial charge in [-0.15, -0.1) is 0 Å². The van der Waals surface area contributed by atoms with Crippen molar-refractivity contribution < 1.29 is 14.7 Å². The molecule has 0 aromatic carbocycles. The molecule has 0 aromatic rings. The Hall–Kier alpha value is -0.640. The molecule has 3 nitrogen and oxygen atoms in total. The predicted octanol–water partition coefficient (Wildman–Crippen LogP) is 0.549. The lowest BCUT2D eigenvalue weighted by Crippen LogP contribution is -1.96. The van der Waals surface area contributed by atoms with Crippen LogP contribution in [0, 0.1) is 0 Å². The molecule has 0 aromatic heterocycles. The first-order valence-corrected chi connectivity index (χ1v) is 2.51. The smallest absolute Gasteiger partial charge is 0.235 e. The van der Waals surface area contributed by atoms with Gasteiger partial charge in [0.2, 0.25) is 5.78 Å². The lowest BCUT2D eigenvalue weighted by atomic mass is 10.4. The van der Waals surface area contributed by atoms with Gasteiger partial charge in [-0.2, -0.15) is 0 Å². The molecule has 0 bridgehead atoms. The van der Waals surface area contributed by atoms with Crippen LogP contribution < -0.4 is 0 Å². The molecule has 0 spiro atoms. The Morgan fingerprint density at radius 3 is 2.25 bits per heavy atom. The molecule has 1 N–H and O–H groups in total. The van der Waals surface area contributed by atoms with Crippen molar-refractivity contribution in [1.29, 1.82) is 0 Å². The molecule has 0 rings (SSSR count). The molecule has 0 atom stereocenters. The fourth-order valence-corrected chi connectivity index (χ4v) is 0.213. The molecule has 0 heterocycles. The monoisotopic (exact) mass is 178 g/mol. The number of halogens is 1. The summed E-state index contributed by atoms with van der Waals surface area (Å²) in [5.74, 6) is -0.771. The van der Waals surface area contributed by atoms with Crippen molar-refractivity contribution in [3.05, 3.63) is 10.7 Å². The number of hydrogen-bond acceptors (Lipinski definition) is 3. The van der Waals surface area contributed by atoms with Gasteiger partial charge in [0.15, 0.2) is 6.29 Å². The Kier molecular flexibility index (Phi) is 3.10. The number of Topliss-reactive ketones (excluding diaryl/α,β-unsaturated/α-hetero) is 1. The maximum Gasteiger partial charge on any atom is 0.235 e. The van der Waals surface area contributed by atoms with Crippen LogP contribution in [0.25, 0.3) is 0 Å². The number of hydrogen-bond donors (Lipinski definition) is 1. The summed E-state index contributed by atoms with van der Waals surface area (Å²) in [6.45, 7) is 0. The highest BCUT2D eigenvalue weighted by Gasteiger charge is 2.01. The van der Waals surface area contributed by atoms with Gasteiger partial charge in [0.1, 0.15) is 4.48 Å². The molecule has 4 heteroatoms. The van der Waals surface area contributed by atoms with Crippen LogP contribution in [0.15, 0.2) is 10.7 Å². The second kappa shape index (κ2) is 3.37. The third-order valence-electron chi connectivity index (χ3n) is 0.456. The first kappa shape index (κ1) is 7.36. The highest BCUT2D eigenvalue weighted by molar-refractivity contribution is 9.12. The second-order valence-corrected chi connectivity index (χ2v) is 1.81. The quantitative estimate of drug-likeness (QED) is 0.291. The van der Waals surface area contributed by atoms with Crippen LogP contribution in [-0.4, -0.2) is 17.2 Å². The van der Waals surface area contributed by atoms with Crippen molar-refractivity contribution in [2.24, 2.45) is 0 Å². The predicted molar refractivity (Wildman–Crippen MR) is 30.7 cm³/mol. The zero-order valence-corrected chi connectivity index (χ0v) is 5.38. The van der Waals surface area contributed by atoms with Crippen LogP contribution in [0.2, 0.25) is 0 Å². The first-order valence-electron chi connectivity index (χ1n) is 1.71. The van der Waals surface area contributed by atoms with E-state index in [1.54, 1.807) is 0 Å². The maximum atomic E-state index is 10.1. The largest absolute Gasteiger partial charge is 0.514 e. The van der Waals surface area contributed by atoms with Gasteiger partial charge in [-0.1, -0.05) is 0 Å². The molecular weight excluding hydrogens is 176 g/mol. The zero-order chi connectivity index (χ0) is 6.57. The van der Waals surface area contributed by atoms with Crippen LogP contribution in [0.5, 0.6) is 0 Å². The van der Waals surface area contributed by atoms with Crippen LogP contribution in [0.4, 0.5) is 0 Å². The minimum Gasteiger partial charge on any atom is -0.514 e. The van der Waals surface area contributed by atoms with Crippen molar-refractivity contribution >= 4 is 28.0 Å². The molecule has 0 saturated heterocycles. The van der Waals surface area contributed by atoms with Gasteiger partial charge in [-0.25, -0.2) is 0 Å². The van der Waals surface area contributed by atoms with Crippen LogP contribution >= 0.6 is 15.9 Å². The van der Waals surface area contributed by atoms with E-state index in [0.29, 0.717) is 6.26 Å². The minimum absolute atomic E-state index is 0.108. The number of aliphatic hydroxyl groups is 1. The molecule has 0 aliphatic heterocycles. The second-order valence-electron chi connectivity index (χ2n) is 0.959. The Labute approximate surface area is 54.1 Å². The molecule has 0 amide bonds. The topological polar surface area (TPSA) is 54.4 Å². The van der Waals surface area contributed by atoms with E-state index in [1.807, 2.05) is 0 Å². The number of ketones is 1. The summed E-state index contributed by atoms with van der Waals surface area (Å²) < 4.78 is -0.132. The average molecular weight is 179 g/mol. The van der Waals surface area contributed by atoms with Gasteiger partial charge >= 0.3 is 0 Å². The van der Waals surface area contributed by atoms with E-state index in [1.165, 1.54) is 0 Å². The van der Waals surface area contributed by atoms with Crippen LogP contribution in [-0.2, 0) is 9.59 Å². The lowest BCUT2D eigenvalue weighted by Gasteiger charge is -1.81. The van der Waals surface area contributed by atoms with Gasteiger partial charge < -0.3 is 5.11 Å². The normalized spacial score (nSPS) is 10.9. The van der Waals surface area contributed by atoms with E-state index in [0.717, 1.165) is 0 Å². The first-order chi connectivity index (χ1) is 3.72. The summed E-state index contributed by atoms with van der Waals surface area (Å²) in [6.07, 6.45) is 0.632. The van der Waals surface area contributed by atoms with Gasteiger partial charge in [-0.3, -0.25) is 9.59 Å². The molecule has 0 saturated carbocycles. The van der Waals surface area contributed by atoms with Crippen LogP contribution in [0.1, 0.15) is 0 Å². The van der Waals surface area contributed by atoms with E-state index >= 15 is 0 Å². The van der Waals surface area contributed by atoms with Crippen molar-refractivity contribution in [3.8, 4) is 0 Å². The molecule has 0 aliphatic carbocycles. The lowest BCUT2D eigenvalue weighted by molar-refractivity contribution is -0.126. The van der Waals surface area contributed by atoms with Crippen molar-refractivity contribution in [3.63, 3.8) is 0 Å². The Bertz CT molecular complexity index is 138. The number of aliphatic hydroxyl groups excluding tert-OH is 1. The Balaban J connectivity index is 4.03. The minimum atomic E-state index is -0.771. The van der Waals surface area contributed by atoms with E-state index in [-0.39, 0.29) is 10.8 Å². The Morgan fingerprint density at radius 2 is 2.12 bits per heavy atom. The average Bonchev–Trinajstić information content (AvgIpc) is 1.84. The summed E-state index contributed by atoms with van der Waals surface area (Å²) in [5, 5.41) is 8.05. The molecule has 44 valence electrons. The molecule has 8 heavy (non-hydrogen) atoms. The highest BCUT2D eigenvalue weighted by Crippen LogP contribution is 2.01. The molecule has 0 radical (unpaired) electrons. The number of carbonyl (C=O) groups excluding carboxylic acids is 2. The molecule has 0 unspecified atom stereocenters. The van der Waals surface area contributed by atoms with E-state index < -0.39 is 5.78 Å². The van der Waals surface area contributed by atoms with E-state index in [2.05, 4.69) is 15.9 Å². The molecule has 0 aliphatic rings. The number of rotatable bonds is 2. The van der Waals surface area contributed by atoms with E-state index in [4.69, 9.17) is 5.11 Å².